The van der Waals surface area contributed by atoms with Gasteiger partial charge in [0.15, 0.2) is 0 Å². The van der Waals surface area contributed by atoms with Gasteiger partial charge in [0.25, 0.3) is 0 Å². The van der Waals surface area contributed by atoms with Crippen LogP contribution in [-0.4, -0.2) is 10.5 Å². The molecule has 0 atom stereocenters. The number of carbonyl (C=O) groups is 1. The minimum atomic E-state index is -4.48. The van der Waals surface area contributed by atoms with Crippen molar-refractivity contribution >= 4 is 39.3 Å². The molecule has 0 fully saturated rings. The third kappa shape index (κ3) is 2.90. The number of alkyl halides is 3. The molecule has 0 aliphatic rings. The van der Waals surface area contributed by atoms with Gasteiger partial charge in [0.2, 0.25) is 5.91 Å². The molecule has 1 aromatic heterocycles. The SMILES string of the molecule is NC(=O)c1cccc2c1c1[c]ccc(Cl)c1n2Cc1ccccc1C(F)(F)F. The van der Waals surface area contributed by atoms with Crippen molar-refractivity contribution in [1.29, 1.82) is 0 Å². The van der Waals surface area contributed by atoms with Crippen LogP contribution in [0.5, 0.6) is 0 Å². The third-order valence-corrected chi connectivity index (χ3v) is 5.00. The quantitative estimate of drug-likeness (QED) is 0.490. The Labute approximate surface area is 163 Å². The van der Waals surface area contributed by atoms with Gasteiger partial charge in [-0.1, -0.05) is 41.9 Å². The molecule has 2 N–H and O–H groups in total. The van der Waals surface area contributed by atoms with Gasteiger partial charge >= 0.3 is 6.18 Å². The molecule has 28 heavy (non-hydrogen) atoms. The van der Waals surface area contributed by atoms with Crippen molar-refractivity contribution in [3.8, 4) is 0 Å². The predicted molar refractivity (Wildman–Crippen MR) is 102 cm³/mol. The van der Waals surface area contributed by atoms with Crippen molar-refractivity contribution in [1.82, 2.24) is 4.57 Å². The molecule has 4 aromatic rings. The largest absolute Gasteiger partial charge is 0.416 e. The van der Waals surface area contributed by atoms with E-state index in [0.717, 1.165) is 6.07 Å². The summed E-state index contributed by atoms with van der Waals surface area (Å²) >= 11 is 6.38. The first-order valence-corrected chi connectivity index (χ1v) is 8.73. The van der Waals surface area contributed by atoms with Crippen LogP contribution < -0.4 is 5.73 Å². The van der Waals surface area contributed by atoms with Crippen LogP contribution in [0.3, 0.4) is 0 Å². The van der Waals surface area contributed by atoms with Gasteiger partial charge in [-0.3, -0.25) is 4.79 Å². The number of hydrogen-bond acceptors (Lipinski definition) is 1. The molecule has 3 aromatic carbocycles. The lowest BCUT2D eigenvalue weighted by Crippen LogP contribution is -2.12. The number of nitrogens with zero attached hydrogens (tertiary/aromatic N) is 1. The van der Waals surface area contributed by atoms with Crippen LogP contribution in [0.4, 0.5) is 13.2 Å². The number of primary amides is 1. The van der Waals surface area contributed by atoms with Crippen LogP contribution >= 0.6 is 11.6 Å². The van der Waals surface area contributed by atoms with E-state index >= 15 is 0 Å². The molecule has 3 nitrogen and oxygen atoms in total. The van der Waals surface area contributed by atoms with Gasteiger partial charge in [-0.25, -0.2) is 0 Å². The molecule has 0 spiro atoms. The summed E-state index contributed by atoms with van der Waals surface area (Å²) in [6, 6.07) is 16.6. The average Bonchev–Trinajstić information content (AvgIpc) is 2.96. The number of hydrogen-bond donors (Lipinski definition) is 1. The van der Waals surface area contributed by atoms with Crippen molar-refractivity contribution < 1.29 is 18.0 Å². The Hall–Kier alpha value is -2.99. The van der Waals surface area contributed by atoms with Gasteiger partial charge in [0.05, 0.1) is 21.6 Å². The van der Waals surface area contributed by atoms with E-state index < -0.39 is 17.6 Å². The van der Waals surface area contributed by atoms with Gasteiger partial charge in [-0.2, -0.15) is 13.2 Å². The number of nitrogens with two attached hydrogens (primary N) is 1. The molecule has 1 radical (unpaired) electrons. The van der Waals surface area contributed by atoms with E-state index in [9.17, 15) is 18.0 Å². The molecule has 1 amide bonds. The van der Waals surface area contributed by atoms with E-state index in [1.54, 1.807) is 41.0 Å². The topological polar surface area (TPSA) is 48.0 Å². The predicted octanol–water partition coefficient (Wildman–Crippen LogP) is 5.41. The maximum Gasteiger partial charge on any atom is 0.416 e. The first-order valence-electron chi connectivity index (χ1n) is 8.35. The summed E-state index contributed by atoms with van der Waals surface area (Å²) in [6.07, 6.45) is -4.48. The molecule has 4 rings (SSSR count). The van der Waals surface area contributed by atoms with Crippen molar-refractivity contribution in [3.05, 3.63) is 82.4 Å². The molecule has 141 valence electrons. The highest BCUT2D eigenvalue weighted by atomic mass is 35.5. The van der Waals surface area contributed by atoms with Crippen LogP contribution in [-0.2, 0) is 12.7 Å². The van der Waals surface area contributed by atoms with Crippen molar-refractivity contribution in [2.24, 2.45) is 5.73 Å². The second-order valence-electron chi connectivity index (χ2n) is 6.35. The van der Waals surface area contributed by atoms with Gasteiger partial charge in [0, 0.05) is 22.9 Å². The van der Waals surface area contributed by atoms with Crippen LogP contribution in [0.15, 0.2) is 54.6 Å². The number of rotatable bonds is 3. The molecule has 0 saturated heterocycles. The number of carbonyl (C=O) groups excluding carboxylic acids is 1. The van der Waals surface area contributed by atoms with Crippen molar-refractivity contribution in [3.63, 3.8) is 0 Å². The number of fused-ring (bicyclic) bond motifs is 3. The number of benzene rings is 3. The number of halogens is 4. The summed E-state index contributed by atoms with van der Waals surface area (Å²) in [5.74, 6) is -0.631. The lowest BCUT2D eigenvalue weighted by molar-refractivity contribution is -0.138. The molecule has 0 bridgehead atoms. The lowest BCUT2D eigenvalue weighted by atomic mass is 10.1. The molecule has 7 heteroatoms. The fourth-order valence-electron chi connectivity index (χ4n) is 3.54. The van der Waals surface area contributed by atoms with Crippen LogP contribution in [0, 0.1) is 6.07 Å². The average molecular weight is 402 g/mol. The second-order valence-corrected chi connectivity index (χ2v) is 6.76. The monoisotopic (exact) mass is 401 g/mol. The summed E-state index contributed by atoms with van der Waals surface area (Å²) in [5, 5.41) is 1.42. The number of amides is 1. The second kappa shape index (κ2) is 6.56. The summed E-state index contributed by atoms with van der Waals surface area (Å²) in [5.41, 5.74) is 6.22. The normalized spacial score (nSPS) is 12.0. The maximum atomic E-state index is 13.5. The summed E-state index contributed by atoms with van der Waals surface area (Å²) in [6.45, 7) is -0.0739. The Morgan fingerprint density at radius 1 is 1.11 bits per heavy atom. The zero-order chi connectivity index (χ0) is 20.1. The Morgan fingerprint density at radius 2 is 1.86 bits per heavy atom. The van der Waals surface area contributed by atoms with Gasteiger partial charge in [-0.05, 0) is 35.9 Å². The summed E-state index contributed by atoms with van der Waals surface area (Å²) in [7, 11) is 0. The fourth-order valence-corrected chi connectivity index (χ4v) is 3.80. The highest BCUT2D eigenvalue weighted by molar-refractivity contribution is 6.36. The smallest absolute Gasteiger partial charge is 0.366 e. The van der Waals surface area contributed by atoms with E-state index in [4.69, 9.17) is 17.3 Å². The van der Waals surface area contributed by atoms with E-state index in [0.29, 0.717) is 26.8 Å². The Morgan fingerprint density at radius 3 is 2.57 bits per heavy atom. The van der Waals surface area contributed by atoms with Crippen LogP contribution in [0.2, 0.25) is 5.02 Å². The minimum absolute atomic E-state index is 0.0739. The van der Waals surface area contributed by atoms with Gasteiger partial charge in [-0.15, -0.1) is 0 Å². The molecule has 0 saturated carbocycles. The maximum absolute atomic E-state index is 13.5. The molecule has 0 aliphatic heterocycles. The van der Waals surface area contributed by atoms with Crippen LogP contribution in [0.25, 0.3) is 21.8 Å². The van der Waals surface area contributed by atoms with E-state index in [1.165, 1.54) is 12.1 Å². The van der Waals surface area contributed by atoms with E-state index in [1.807, 2.05) is 0 Å². The lowest BCUT2D eigenvalue weighted by Gasteiger charge is -2.15. The van der Waals surface area contributed by atoms with Crippen molar-refractivity contribution in [2.45, 2.75) is 12.7 Å². The highest BCUT2D eigenvalue weighted by Gasteiger charge is 2.33. The standard InChI is InChI=1S/C21H13ClF3N2O/c22-16-9-3-6-13-18-14(20(26)28)7-4-10-17(18)27(19(13)16)11-12-5-1-2-8-15(12)21(23,24)25/h1-5,7-10H,11H2,(H2,26,28). The summed E-state index contributed by atoms with van der Waals surface area (Å²) in [4.78, 5) is 11.9. The zero-order valence-electron chi connectivity index (χ0n) is 14.3. The van der Waals surface area contributed by atoms with E-state index in [2.05, 4.69) is 6.07 Å². The Bertz CT molecular complexity index is 1230. The van der Waals surface area contributed by atoms with Crippen LogP contribution in [0.1, 0.15) is 21.5 Å². The minimum Gasteiger partial charge on any atom is -0.366 e. The molecule has 0 aliphatic carbocycles. The molecular weight excluding hydrogens is 389 g/mol. The van der Waals surface area contributed by atoms with E-state index in [-0.39, 0.29) is 17.7 Å². The van der Waals surface area contributed by atoms with Gasteiger partial charge < -0.3 is 10.3 Å². The van der Waals surface area contributed by atoms with Gasteiger partial charge in [0.1, 0.15) is 0 Å². The Balaban J connectivity index is 2.06. The molecule has 0 unspecified atom stereocenters. The fraction of sp³-hybridized carbons (Fsp3) is 0.0952. The Kier molecular flexibility index (Phi) is 4.31. The number of aromatic nitrogens is 1. The first kappa shape index (κ1) is 18.4. The zero-order valence-corrected chi connectivity index (χ0v) is 15.1. The molecular formula is C21H13ClF3N2O. The third-order valence-electron chi connectivity index (χ3n) is 4.69. The summed E-state index contributed by atoms with van der Waals surface area (Å²) < 4.78 is 42.0. The first-order chi connectivity index (χ1) is 13.3. The molecule has 1 heterocycles. The highest BCUT2D eigenvalue weighted by Crippen LogP contribution is 2.37. The van der Waals surface area contributed by atoms with Crippen molar-refractivity contribution in [2.75, 3.05) is 0 Å².